The molecule has 1 aromatic carbocycles. The largest absolute Gasteiger partial charge is 0.468 e. The van der Waals surface area contributed by atoms with Crippen LogP contribution < -0.4 is 10.6 Å². The Kier molecular flexibility index (Phi) is 6.70. The number of likely N-dealkylation sites (N-methyl/N-ethyl adjacent to an activating group) is 1. The van der Waals surface area contributed by atoms with E-state index < -0.39 is 17.9 Å². The lowest BCUT2D eigenvalue weighted by molar-refractivity contribution is 0.223. The molecule has 0 spiro atoms. The smallest absolute Gasteiger partial charge is 0.315 e. The topological polar surface area (TPSA) is 57.5 Å². The minimum absolute atomic E-state index is 0.0577. The van der Waals surface area contributed by atoms with Crippen molar-refractivity contribution in [2.24, 2.45) is 0 Å². The molecule has 25 heavy (non-hydrogen) atoms. The Hall–Kier alpha value is -1.76. The molecule has 8 heteroatoms. The van der Waals surface area contributed by atoms with Gasteiger partial charge in [0.05, 0.1) is 23.4 Å². The van der Waals surface area contributed by atoms with Gasteiger partial charge in [0.2, 0.25) is 0 Å². The summed E-state index contributed by atoms with van der Waals surface area (Å²) in [7, 11) is 3.79. The van der Waals surface area contributed by atoms with Crippen LogP contribution in [0.1, 0.15) is 30.3 Å². The molecule has 136 valence electrons. The fourth-order valence-corrected chi connectivity index (χ4v) is 2.95. The molecule has 1 aromatic heterocycles. The number of hydrogen-bond acceptors (Lipinski definition) is 3. The van der Waals surface area contributed by atoms with Crippen molar-refractivity contribution in [3.63, 3.8) is 0 Å². The minimum atomic E-state index is -0.583. The molecule has 0 saturated carbocycles. The molecule has 0 bridgehead atoms. The van der Waals surface area contributed by atoms with Crippen molar-refractivity contribution in [2.75, 3.05) is 20.6 Å². The van der Waals surface area contributed by atoms with Gasteiger partial charge in [-0.25, -0.2) is 9.18 Å². The van der Waals surface area contributed by atoms with Crippen LogP contribution in [0.25, 0.3) is 0 Å². The molecule has 0 radical (unpaired) electrons. The third-order valence-corrected chi connectivity index (χ3v) is 4.42. The first-order valence-corrected chi connectivity index (χ1v) is 8.43. The summed E-state index contributed by atoms with van der Waals surface area (Å²) in [5.41, 5.74) is 0.453. The Morgan fingerprint density at radius 1 is 1.32 bits per heavy atom. The third kappa shape index (κ3) is 5.11. The number of nitrogens with one attached hydrogen (secondary N) is 2. The van der Waals surface area contributed by atoms with Crippen LogP contribution in [0.4, 0.5) is 9.18 Å². The molecule has 0 fully saturated rings. The van der Waals surface area contributed by atoms with Crippen molar-refractivity contribution in [2.45, 2.75) is 19.0 Å². The van der Waals surface area contributed by atoms with E-state index in [1.165, 1.54) is 12.1 Å². The number of carbonyl (C=O) groups is 1. The standard InChI is InChI=1S/C17H20Cl2FN3O2/c1-10(11-7-14(20)13(19)8-12(11)18)22-17(24)21-9-15(23(2)3)16-5-4-6-25-16/h4-8,10,15H,9H2,1-3H3,(H2,21,22,24). The van der Waals surface area contributed by atoms with E-state index in [4.69, 9.17) is 27.6 Å². The highest BCUT2D eigenvalue weighted by Crippen LogP contribution is 2.28. The van der Waals surface area contributed by atoms with Gasteiger partial charge in [-0.05, 0) is 50.8 Å². The molecule has 0 aliphatic carbocycles. The normalized spacial score (nSPS) is 13.6. The summed E-state index contributed by atoms with van der Waals surface area (Å²) < 4.78 is 19.0. The van der Waals surface area contributed by atoms with Crippen LogP contribution in [0.5, 0.6) is 0 Å². The lowest BCUT2D eigenvalue weighted by Crippen LogP contribution is -2.41. The van der Waals surface area contributed by atoms with Gasteiger partial charge in [-0.3, -0.25) is 4.90 Å². The van der Waals surface area contributed by atoms with Crippen molar-refractivity contribution in [3.05, 3.63) is 57.7 Å². The molecule has 2 atom stereocenters. The van der Waals surface area contributed by atoms with E-state index in [0.717, 1.165) is 5.76 Å². The zero-order valence-electron chi connectivity index (χ0n) is 14.1. The molecule has 5 nitrogen and oxygen atoms in total. The van der Waals surface area contributed by atoms with E-state index in [1.807, 2.05) is 25.1 Å². The minimum Gasteiger partial charge on any atom is -0.468 e. The van der Waals surface area contributed by atoms with Gasteiger partial charge in [-0.15, -0.1) is 0 Å². The number of rotatable bonds is 6. The van der Waals surface area contributed by atoms with Gasteiger partial charge in [0, 0.05) is 11.6 Å². The maximum absolute atomic E-state index is 13.6. The summed E-state index contributed by atoms with van der Waals surface area (Å²) in [6.45, 7) is 2.06. The Labute approximate surface area is 156 Å². The van der Waals surface area contributed by atoms with Crippen LogP contribution in [-0.4, -0.2) is 31.6 Å². The highest BCUT2D eigenvalue weighted by Gasteiger charge is 2.19. The second-order valence-corrected chi connectivity index (χ2v) is 6.67. The molecule has 2 amide bonds. The van der Waals surface area contributed by atoms with Gasteiger partial charge in [-0.1, -0.05) is 23.2 Å². The number of furan rings is 1. The second kappa shape index (κ2) is 8.56. The predicted octanol–water partition coefficient (Wildman–Crippen LogP) is 4.39. The van der Waals surface area contributed by atoms with Crippen LogP contribution in [0, 0.1) is 5.82 Å². The third-order valence-electron chi connectivity index (χ3n) is 3.80. The van der Waals surface area contributed by atoms with Gasteiger partial charge >= 0.3 is 6.03 Å². The van der Waals surface area contributed by atoms with E-state index in [0.29, 0.717) is 17.1 Å². The first kappa shape index (κ1) is 19.6. The molecule has 2 unspecified atom stereocenters. The summed E-state index contributed by atoms with van der Waals surface area (Å²) in [6.07, 6.45) is 1.59. The number of amides is 2. The maximum Gasteiger partial charge on any atom is 0.315 e. The molecule has 0 saturated heterocycles. The lowest BCUT2D eigenvalue weighted by Gasteiger charge is -2.23. The van der Waals surface area contributed by atoms with E-state index in [2.05, 4.69) is 10.6 Å². The van der Waals surface area contributed by atoms with Crippen LogP contribution >= 0.6 is 23.2 Å². The van der Waals surface area contributed by atoms with Crippen molar-refractivity contribution in [3.8, 4) is 0 Å². The molecular weight excluding hydrogens is 368 g/mol. The van der Waals surface area contributed by atoms with Crippen LogP contribution in [0.2, 0.25) is 10.0 Å². The Balaban J connectivity index is 1.96. The predicted molar refractivity (Wildman–Crippen MR) is 96.5 cm³/mol. The van der Waals surface area contributed by atoms with Crippen LogP contribution in [-0.2, 0) is 0 Å². The van der Waals surface area contributed by atoms with Gasteiger partial charge in [0.25, 0.3) is 0 Å². The quantitative estimate of drug-likeness (QED) is 0.722. The molecule has 2 rings (SSSR count). The molecular formula is C17H20Cl2FN3O2. The van der Waals surface area contributed by atoms with Crippen LogP contribution in [0.3, 0.4) is 0 Å². The fourth-order valence-electron chi connectivity index (χ4n) is 2.40. The van der Waals surface area contributed by atoms with Gasteiger partial charge in [0.1, 0.15) is 11.6 Å². The monoisotopic (exact) mass is 387 g/mol. The van der Waals surface area contributed by atoms with E-state index in [1.54, 1.807) is 19.3 Å². The van der Waals surface area contributed by atoms with Crippen molar-refractivity contribution in [1.29, 1.82) is 0 Å². The number of hydrogen-bond donors (Lipinski definition) is 2. The number of halogens is 3. The fraction of sp³-hybridized carbons (Fsp3) is 0.353. The Morgan fingerprint density at radius 3 is 2.64 bits per heavy atom. The van der Waals surface area contributed by atoms with Gasteiger partial charge in [0.15, 0.2) is 0 Å². The SMILES string of the molecule is CC(NC(=O)NCC(c1ccco1)N(C)C)c1cc(F)c(Cl)cc1Cl. The van der Waals surface area contributed by atoms with Gasteiger partial charge < -0.3 is 15.1 Å². The maximum atomic E-state index is 13.6. The average molecular weight is 388 g/mol. The summed E-state index contributed by atoms with van der Waals surface area (Å²) >= 11 is 11.8. The number of benzene rings is 1. The highest BCUT2D eigenvalue weighted by molar-refractivity contribution is 6.35. The van der Waals surface area contributed by atoms with Crippen molar-refractivity contribution in [1.82, 2.24) is 15.5 Å². The summed E-state index contributed by atoms with van der Waals surface area (Å²) in [4.78, 5) is 14.1. The van der Waals surface area contributed by atoms with E-state index in [-0.39, 0.29) is 11.1 Å². The highest BCUT2D eigenvalue weighted by atomic mass is 35.5. The Bertz CT molecular complexity index is 723. The van der Waals surface area contributed by atoms with E-state index >= 15 is 0 Å². The molecule has 2 aromatic rings. The molecule has 1 heterocycles. The van der Waals surface area contributed by atoms with E-state index in [9.17, 15) is 9.18 Å². The number of carbonyl (C=O) groups excluding carboxylic acids is 1. The zero-order valence-corrected chi connectivity index (χ0v) is 15.7. The van der Waals surface area contributed by atoms with Crippen molar-refractivity contribution < 1.29 is 13.6 Å². The zero-order chi connectivity index (χ0) is 18.6. The Morgan fingerprint density at radius 2 is 2.04 bits per heavy atom. The summed E-state index contributed by atoms with van der Waals surface area (Å²) in [5, 5.41) is 5.75. The lowest BCUT2D eigenvalue weighted by atomic mass is 10.1. The first-order chi connectivity index (χ1) is 11.8. The summed E-state index contributed by atoms with van der Waals surface area (Å²) in [5.74, 6) is 0.168. The molecule has 2 N–H and O–H groups in total. The van der Waals surface area contributed by atoms with Gasteiger partial charge in [-0.2, -0.15) is 0 Å². The summed E-state index contributed by atoms with van der Waals surface area (Å²) in [6, 6.07) is 5.21. The molecule has 0 aliphatic rings. The average Bonchev–Trinajstić information content (AvgIpc) is 3.04. The van der Waals surface area contributed by atoms with Crippen molar-refractivity contribution >= 4 is 29.2 Å². The molecule has 0 aliphatic heterocycles. The number of nitrogens with zero attached hydrogens (tertiary/aromatic N) is 1. The number of urea groups is 1. The van der Waals surface area contributed by atoms with Crippen LogP contribution in [0.15, 0.2) is 34.9 Å². The first-order valence-electron chi connectivity index (χ1n) is 7.68. The second-order valence-electron chi connectivity index (χ2n) is 5.86.